The van der Waals surface area contributed by atoms with Crippen LogP contribution in [0.1, 0.15) is 44.2 Å². The van der Waals surface area contributed by atoms with E-state index in [1.807, 2.05) is 6.07 Å². The van der Waals surface area contributed by atoms with E-state index in [4.69, 9.17) is 4.74 Å². The Balaban J connectivity index is 0.00000243. The Kier molecular flexibility index (Phi) is 8.19. The van der Waals surface area contributed by atoms with E-state index in [1.165, 1.54) is 18.4 Å². The van der Waals surface area contributed by atoms with Crippen molar-refractivity contribution in [1.82, 2.24) is 15.5 Å². The third-order valence-corrected chi connectivity index (χ3v) is 5.62. The molecule has 3 rings (SSSR count). The molecule has 6 heteroatoms. The second-order valence-electron chi connectivity index (χ2n) is 7.35. The number of benzene rings is 1. The van der Waals surface area contributed by atoms with Crippen LogP contribution in [0.4, 0.5) is 0 Å². The van der Waals surface area contributed by atoms with Crippen molar-refractivity contribution in [2.45, 2.75) is 44.7 Å². The molecule has 0 spiro atoms. The zero-order chi connectivity index (χ0) is 17.6. The number of halogens is 1. The van der Waals surface area contributed by atoms with Crippen molar-refractivity contribution in [2.24, 2.45) is 5.92 Å². The minimum atomic E-state index is 0. The van der Waals surface area contributed by atoms with E-state index < -0.39 is 0 Å². The Morgan fingerprint density at radius 2 is 2.23 bits per heavy atom. The van der Waals surface area contributed by atoms with Gasteiger partial charge >= 0.3 is 0 Å². The van der Waals surface area contributed by atoms with E-state index in [-0.39, 0.29) is 24.4 Å². The number of nitrogens with one attached hydrogen (secondary N) is 2. The average molecular weight is 382 g/mol. The number of amides is 1. The van der Waals surface area contributed by atoms with Crippen LogP contribution in [0.2, 0.25) is 0 Å². The summed E-state index contributed by atoms with van der Waals surface area (Å²) >= 11 is 0. The minimum Gasteiger partial charge on any atom is -0.497 e. The lowest BCUT2D eigenvalue weighted by Crippen LogP contribution is -2.45. The van der Waals surface area contributed by atoms with Crippen LogP contribution in [0, 0.1) is 5.92 Å². The van der Waals surface area contributed by atoms with E-state index >= 15 is 0 Å². The highest BCUT2D eigenvalue weighted by molar-refractivity contribution is 5.85. The number of nitrogens with zero attached hydrogens (tertiary/aromatic N) is 1. The number of ether oxygens (including phenoxy) is 1. The molecule has 3 atom stereocenters. The first-order chi connectivity index (χ1) is 12.2. The van der Waals surface area contributed by atoms with Crippen molar-refractivity contribution in [2.75, 3.05) is 33.3 Å². The first kappa shape index (κ1) is 21.0. The average Bonchev–Trinajstić information content (AvgIpc) is 3.20. The zero-order valence-electron chi connectivity index (χ0n) is 15.9. The summed E-state index contributed by atoms with van der Waals surface area (Å²) in [5.41, 5.74) is 1.29. The molecule has 0 aromatic heterocycles. The number of likely N-dealkylation sites (tertiary alicyclic amines) is 1. The number of carbonyl (C=O) groups is 1. The molecule has 5 nitrogen and oxygen atoms in total. The van der Waals surface area contributed by atoms with E-state index in [2.05, 4.69) is 40.7 Å². The highest BCUT2D eigenvalue weighted by Crippen LogP contribution is 2.28. The van der Waals surface area contributed by atoms with Crippen LogP contribution in [0.5, 0.6) is 5.75 Å². The van der Waals surface area contributed by atoms with Crippen LogP contribution < -0.4 is 15.4 Å². The van der Waals surface area contributed by atoms with Gasteiger partial charge in [-0.15, -0.1) is 12.4 Å². The van der Waals surface area contributed by atoms with Crippen LogP contribution in [-0.4, -0.2) is 50.1 Å². The molecule has 2 saturated heterocycles. The summed E-state index contributed by atoms with van der Waals surface area (Å²) in [4.78, 5) is 14.7. The first-order valence-corrected chi connectivity index (χ1v) is 9.56. The van der Waals surface area contributed by atoms with E-state index in [9.17, 15) is 4.79 Å². The van der Waals surface area contributed by atoms with Crippen LogP contribution in [0.3, 0.4) is 0 Å². The highest BCUT2D eigenvalue weighted by atomic mass is 35.5. The number of methoxy groups -OCH3 is 1. The number of rotatable bonds is 6. The van der Waals surface area contributed by atoms with Crippen molar-refractivity contribution >= 4 is 18.3 Å². The van der Waals surface area contributed by atoms with E-state index in [0.717, 1.165) is 44.8 Å². The van der Waals surface area contributed by atoms with Crippen LogP contribution >= 0.6 is 12.4 Å². The summed E-state index contributed by atoms with van der Waals surface area (Å²) in [6, 6.07) is 8.73. The normalized spacial score (nSPS) is 24.5. The number of hydrogen-bond donors (Lipinski definition) is 2. The molecule has 2 N–H and O–H groups in total. The van der Waals surface area contributed by atoms with Gasteiger partial charge in [-0.2, -0.15) is 0 Å². The molecular weight excluding hydrogens is 350 g/mol. The maximum absolute atomic E-state index is 12.2. The fourth-order valence-electron chi connectivity index (χ4n) is 4.00. The Morgan fingerprint density at radius 3 is 2.96 bits per heavy atom. The molecule has 0 saturated carbocycles. The lowest BCUT2D eigenvalue weighted by Gasteiger charge is -2.37. The maximum atomic E-state index is 12.2. The quantitative estimate of drug-likeness (QED) is 0.795. The summed E-state index contributed by atoms with van der Waals surface area (Å²) in [6.45, 7) is 6.17. The second-order valence-corrected chi connectivity index (χ2v) is 7.35. The molecule has 2 aliphatic rings. The summed E-state index contributed by atoms with van der Waals surface area (Å²) in [7, 11) is 1.71. The van der Waals surface area contributed by atoms with Crippen LogP contribution in [-0.2, 0) is 4.79 Å². The van der Waals surface area contributed by atoms with Gasteiger partial charge in [0.15, 0.2) is 0 Å². The number of hydrogen-bond acceptors (Lipinski definition) is 4. The molecule has 1 amide bonds. The largest absolute Gasteiger partial charge is 0.497 e. The van der Waals surface area contributed by atoms with Gasteiger partial charge in [0.05, 0.1) is 13.2 Å². The van der Waals surface area contributed by atoms with Gasteiger partial charge in [0, 0.05) is 19.1 Å². The smallest absolute Gasteiger partial charge is 0.237 e. The Bertz CT molecular complexity index is 578. The summed E-state index contributed by atoms with van der Waals surface area (Å²) in [6.07, 6.45) is 4.46. The zero-order valence-corrected chi connectivity index (χ0v) is 16.7. The fourth-order valence-corrected chi connectivity index (χ4v) is 4.00. The second kappa shape index (κ2) is 10.1. The predicted octanol–water partition coefficient (Wildman–Crippen LogP) is 2.76. The molecule has 1 aromatic carbocycles. The van der Waals surface area contributed by atoms with E-state index in [1.54, 1.807) is 7.11 Å². The van der Waals surface area contributed by atoms with Gasteiger partial charge in [0.2, 0.25) is 5.91 Å². The molecule has 0 aliphatic carbocycles. The standard InChI is InChI=1S/C20H31N3O2.ClH/c1-15(17-7-3-8-18(12-17)25-2)23-11-5-6-16(14-23)13-22-20(24)19-9-4-10-21-19;/h3,7-8,12,15-16,19,21H,4-6,9-11,13-14H2,1-2H3,(H,22,24);1H. The van der Waals surface area contributed by atoms with Gasteiger partial charge in [0.25, 0.3) is 0 Å². The van der Waals surface area contributed by atoms with Gasteiger partial charge in [-0.1, -0.05) is 12.1 Å². The lowest BCUT2D eigenvalue weighted by atomic mass is 9.95. The van der Waals surface area contributed by atoms with Crippen molar-refractivity contribution in [3.05, 3.63) is 29.8 Å². The van der Waals surface area contributed by atoms with Gasteiger partial charge in [-0.25, -0.2) is 0 Å². The fraction of sp³-hybridized carbons (Fsp3) is 0.650. The third kappa shape index (κ3) is 5.35. The van der Waals surface area contributed by atoms with Crippen molar-refractivity contribution in [1.29, 1.82) is 0 Å². The highest BCUT2D eigenvalue weighted by Gasteiger charge is 2.26. The Morgan fingerprint density at radius 1 is 1.38 bits per heavy atom. The van der Waals surface area contributed by atoms with Gasteiger partial charge in [-0.3, -0.25) is 9.69 Å². The first-order valence-electron chi connectivity index (χ1n) is 9.56. The van der Waals surface area contributed by atoms with Crippen molar-refractivity contribution in [3.63, 3.8) is 0 Å². The third-order valence-electron chi connectivity index (χ3n) is 5.62. The van der Waals surface area contributed by atoms with Gasteiger partial charge in [0.1, 0.15) is 5.75 Å². The number of carbonyl (C=O) groups excluding carboxylic acids is 1. The van der Waals surface area contributed by atoms with Crippen molar-refractivity contribution < 1.29 is 9.53 Å². The molecule has 2 heterocycles. The molecule has 3 unspecified atom stereocenters. The Labute approximate surface area is 163 Å². The molecule has 0 bridgehead atoms. The molecule has 146 valence electrons. The molecule has 26 heavy (non-hydrogen) atoms. The maximum Gasteiger partial charge on any atom is 0.237 e. The molecule has 2 fully saturated rings. The monoisotopic (exact) mass is 381 g/mol. The molecular formula is C20H32ClN3O2. The number of piperidine rings is 1. The SMILES string of the molecule is COc1cccc(C(C)N2CCCC(CNC(=O)C3CCCN3)C2)c1.Cl. The molecule has 0 radical (unpaired) electrons. The summed E-state index contributed by atoms with van der Waals surface area (Å²) < 4.78 is 5.36. The lowest BCUT2D eigenvalue weighted by molar-refractivity contribution is -0.123. The Hall–Kier alpha value is -1.30. The summed E-state index contributed by atoms with van der Waals surface area (Å²) in [5, 5.41) is 6.43. The van der Waals surface area contributed by atoms with E-state index in [0.29, 0.717) is 12.0 Å². The summed E-state index contributed by atoms with van der Waals surface area (Å²) in [5.74, 6) is 1.62. The molecule has 2 aliphatic heterocycles. The molecule has 1 aromatic rings. The van der Waals surface area contributed by atoms with Gasteiger partial charge in [-0.05, 0) is 69.3 Å². The predicted molar refractivity (Wildman–Crippen MR) is 107 cm³/mol. The van der Waals surface area contributed by atoms with Gasteiger partial charge < -0.3 is 15.4 Å². The minimum absolute atomic E-state index is 0. The van der Waals surface area contributed by atoms with Crippen molar-refractivity contribution in [3.8, 4) is 5.75 Å². The topological polar surface area (TPSA) is 53.6 Å². The van der Waals surface area contributed by atoms with Crippen LogP contribution in [0.25, 0.3) is 0 Å². The van der Waals surface area contributed by atoms with Crippen LogP contribution in [0.15, 0.2) is 24.3 Å².